The summed E-state index contributed by atoms with van der Waals surface area (Å²) in [4.78, 5) is 23.8. The lowest BCUT2D eigenvalue weighted by Crippen LogP contribution is -2.32. The van der Waals surface area contributed by atoms with Gasteiger partial charge >= 0.3 is 11.8 Å². The van der Waals surface area contributed by atoms with Crippen LogP contribution < -0.4 is 15.5 Å². The Labute approximate surface area is 183 Å². The predicted molar refractivity (Wildman–Crippen MR) is 115 cm³/mol. The number of rotatable bonds is 7. The van der Waals surface area contributed by atoms with Gasteiger partial charge in [-0.25, -0.2) is 18.6 Å². The Bertz CT molecular complexity index is 1210. The van der Waals surface area contributed by atoms with Crippen molar-refractivity contribution in [2.75, 3.05) is 5.32 Å². The van der Waals surface area contributed by atoms with Crippen molar-refractivity contribution >= 4 is 45.3 Å². The Morgan fingerprint density at radius 2 is 1.68 bits per heavy atom. The molecule has 1 aromatic heterocycles. The van der Waals surface area contributed by atoms with Crippen LogP contribution in [0.1, 0.15) is 11.5 Å². The highest BCUT2D eigenvalue weighted by molar-refractivity contribution is 7.89. The molecule has 0 atom stereocenters. The minimum Gasteiger partial charge on any atom is -0.459 e. The van der Waals surface area contributed by atoms with Crippen LogP contribution in [-0.4, -0.2) is 26.4 Å². The number of anilines is 1. The summed E-state index contributed by atoms with van der Waals surface area (Å²) in [6, 6.07) is 17.5. The average molecular weight is 461 g/mol. The molecule has 1 heterocycles. The van der Waals surface area contributed by atoms with Gasteiger partial charge in [0.25, 0.3) is 0 Å². The standard InChI is InChI=1S/C20H17ClN4O5S/c21-17-8-4-5-9-18(17)24-19(26)20(27)25-22-12-14-10-11-15(30-14)13-23-31(28,29)16-6-2-1-3-7-16/h1-12,23H,13H2,(H,24,26)(H,25,27)/b22-12+. The quantitative estimate of drug-likeness (QED) is 0.283. The van der Waals surface area contributed by atoms with Crippen molar-refractivity contribution in [3.05, 3.63) is 83.3 Å². The van der Waals surface area contributed by atoms with Gasteiger partial charge in [-0.3, -0.25) is 9.59 Å². The van der Waals surface area contributed by atoms with Crippen LogP contribution in [-0.2, 0) is 26.2 Å². The molecule has 2 aromatic carbocycles. The van der Waals surface area contributed by atoms with Gasteiger partial charge in [0.1, 0.15) is 11.5 Å². The molecule has 2 amide bonds. The number of nitrogens with one attached hydrogen (secondary N) is 3. The average Bonchev–Trinajstić information content (AvgIpc) is 3.22. The number of para-hydroxylation sites is 1. The first-order valence-corrected chi connectivity index (χ1v) is 10.7. The maximum absolute atomic E-state index is 12.2. The van der Waals surface area contributed by atoms with E-state index < -0.39 is 21.8 Å². The van der Waals surface area contributed by atoms with Crippen LogP contribution in [0.5, 0.6) is 0 Å². The third kappa shape index (κ3) is 6.25. The maximum atomic E-state index is 12.2. The molecule has 0 spiro atoms. The molecule has 0 fully saturated rings. The van der Waals surface area contributed by atoms with Crippen LogP contribution in [0.2, 0.25) is 5.02 Å². The highest BCUT2D eigenvalue weighted by atomic mass is 35.5. The second-order valence-corrected chi connectivity index (χ2v) is 8.25. The number of furan rings is 1. The van der Waals surface area contributed by atoms with Crippen molar-refractivity contribution in [2.24, 2.45) is 5.10 Å². The molecule has 0 bridgehead atoms. The Morgan fingerprint density at radius 3 is 2.42 bits per heavy atom. The van der Waals surface area contributed by atoms with E-state index in [-0.39, 0.29) is 22.2 Å². The second-order valence-electron chi connectivity index (χ2n) is 6.07. The van der Waals surface area contributed by atoms with E-state index in [0.29, 0.717) is 11.4 Å². The van der Waals surface area contributed by atoms with Gasteiger partial charge in [-0.15, -0.1) is 0 Å². The molecule has 160 valence electrons. The lowest BCUT2D eigenvalue weighted by molar-refractivity contribution is -0.136. The zero-order chi connectivity index (χ0) is 22.3. The van der Waals surface area contributed by atoms with Gasteiger partial charge in [-0.1, -0.05) is 41.9 Å². The highest BCUT2D eigenvalue weighted by Gasteiger charge is 2.15. The van der Waals surface area contributed by atoms with Gasteiger partial charge in [0, 0.05) is 0 Å². The third-order valence-electron chi connectivity index (χ3n) is 3.86. The maximum Gasteiger partial charge on any atom is 0.329 e. The minimum absolute atomic E-state index is 0.0718. The van der Waals surface area contributed by atoms with Crippen LogP contribution >= 0.6 is 11.6 Å². The summed E-state index contributed by atoms with van der Waals surface area (Å²) in [7, 11) is -3.67. The molecule has 0 aliphatic rings. The molecule has 0 radical (unpaired) electrons. The lowest BCUT2D eigenvalue weighted by atomic mass is 10.3. The van der Waals surface area contributed by atoms with E-state index in [1.807, 2.05) is 0 Å². The molecule has 3 rings (SSSR count). The van der Waals surface area contributed by atoms with Crippen LogP contribution in [0.3, 0.4) is 0 Å². The van der Waals surface area contributed by atoms with Crippen LogP contribution in [0.15, 0.2) is 81.1 Å². The minimum atomic E-state index is -3.67. The molecule has 11 heteroatoms. The number of benzene rings is 2. The first-order valence-electron chi connectivity index (χ1n) is 8.87. The van der Waals surface area contributed by atoms with Crippen molar-refractivity contribution in [1.29, 1.82) is 0 Å². The van der Waals surface area contributed by atoms with E-state index >= 15 is 0 Å². The number of carbonyl (C=O) groups excluding carboxylic acids is 2. The summed E-state index contributed by atoms with van der Waals surface area (Å²) in [5.41, 5.74) is 2.35. The van der Waals surface area contributed by atoms with Crippen molar-refractivity contribution in [3.8, 4) is 0 Å². The number of amides is 2. The zero-order valence-electron chi connectivity index (χ0n) is 15.9. The van der Waals surface area contributed by atoms with Gasteiger partial charge < -0.3 is 9.73 Å². The fourth-order valence-electron chi connectivity index (χ4n) is 2.35. The topological polar surface area (TPSA) is 130 Å². The molecule has 9 nitrogen and oxygen atoms in total. The first-order chi connectivity index (χ1) is 14.8. The Kier molecular flexibility index (Phi) is 7.19. The number of hydrogen-bond acceptors (Lipinski definition) is 6. The Morgan fingerprint density at radius 1 is 0.968 bits per heavy atom. The van der Waals surface area contributed by atoms with E-state index in [0.717, 1.165) is 0 Å². The molecule has 0 aliphatic carbocycles. The molecule has 31 heavy (non-hydrogen) atoms. The number of sulfonamides is 1. The molecule has 3 N–H and O–H groups in total. The van der Waals surface area contributed by atoms with Crippen molar-refractivity contribution in [1.82, 2.24) is 10.1 Å². The van der Waals surface area contributed by atoms with E-state index in [2.05, 4.69) is 20.6 Å². The molecular weight excluding hydrogens is 444 g/mol. The van der Waals surface area contributed by atoms with E-state index in [4.69, 9.17) is 16.0 Å². The lowest BCUT2D eigenvalue weighted by Gasteiger charge is -2.05. The molecule has 0 saturated carbocycles. The third-order valence-corrected chi connectivity index (χ3v) is 5.61. The van der Waals surface area contributed by atoms with E-state index in [1.54, 1.807) is 48.5 Å². The summed E-state index contributed by atoms with van der Waals surface area (Å²) in [5, 5.41) is 6.30. The summed E-state index contributed by atoms with van der Waals surface area (Å²) in [5.74, 6) is -1.36. The number of hydrazone groups is 1. The predicted octanol–water partition coefficient (Wildman–Crippen LogP) is 2.50. The van der Waals surface area contributed by atoms with Crippen LogP contribution in [0.25, 0.3) is 0 Å². The van der Waals surface area contributed by atoms with Gasteiger partial charge in [0.2, 0.25) is 10.0 Å². The molecule has 3 aromatic rings. The number of hydrogen-bond donors (Lipinski definition) is 3. The fraction of sp³-hybridized carbons (Fsp3) is 0.0500. The second kappa shape index (κ2) is 10.0. The van der Waals surface area contributed by atoms with Gasteiger partial charge in [-0.05, 0) is 36.4 Å². The Balaban J connectivity index is 1.50. The highest BCUT2D eigenvalue weighted by Crippen LogP contribution is 2.20. The number of halogens is 1. The van der Waals surface area contributed by atoms with Crippen molar-refractivity contribution in [2.45, 2.75) is 11.4 Å². The normalized spacial score (nSPS) is 11.4. The van der Waals surface area contributed by atoms with Crippen LogP contribution in [0, 0.1) is 0 Å². The monoisotopic (exact) mass is 460 g/mol. The number of nitrogens with zero attached hydrogens (tertiary/aromatic N) is 1. The molecular formula is C20H17ClN4O5S. The van der Waals surface area contributed by atoms with Gasteiger partial charge in [-0.2, -0.15) is 5.10 Å². The van der Waals surface area contributed by atoms with Crippen molar-refractivity contribution in [3.63, 3.8) is 0 Å². The summed E-state index contributed by atoms with van der Waals surface area (Å²) >= 11 is 5.92. The molecule has 0 aliphatic heterocycles. The summed E-state index contributed by atoms with van der Waals surface area (Å²) in [6.07, 6.45) is 1.18. The molecule has 0 unspecified atom stereocenters. The summed E-state index contributed by atoms with van der Waals surface area (Å²) in [6.45, 7) is -0.0718. The van der Waals surface area contributed by atoms with E-state index in [9.17, 15) is 18.0 Å². The van der Waals surface area contributed by atoms with E-state index in [1.165, 1.54) is 24.4 Å². The largest absolute Gasteiger partial charge is 0.459 e. The van der Waals surface area contributed by atoms with Crippen LogP contribution in [0.4, 0.5) is 5.69 Å². The summed E-state index contributed by atoms with van der Waals surface area (Å²) < 4.78 is 32.3. The Hall–Kier alpha value is -3.47. The van der Waals surface area contributed by atoms with Crippen molar-refractivity contribution < 1.29 is 22.4 Å². The number of carbonyl (C=O) groups is 2. The van der Waals surface area contributed by atoms with Gasteiger partial charge in [0.15, 0.2) is 0 Å². The molecule has 0 saturated heterocycles. The smallest absolute Gasteiger partial charge is 0.329 e. The SMILES string of the molecule is O=C(N/N=C/c1ccc(CNS(=O)(=O)c2ccccc2)o1)C(=O)Nc1ccccc1Cl. The van der Waals surface area contributed by atoms with Gasteiger partial charge in [0.05, 0.1) is 28.4 Å². The zero-order valence-corrected chi connectivity index (χ0v) is 17.5. The first kappa shape index (κ1) is 22.2. The fourth-order valence-corrected chi connectivity index (χ4v) is 3.55.